The van der Waals surface area contributed by atoms with Gasteiger partial charge in [-0.3, -0.25) is 0 Å². The predicted octanol–water partition coefficient (Wildman–Crippen LogP) is 1.73. The lowest BCUT2D eigenvalue weighted by molar-refractivity contribution is 0.0702. The van der Waals surface area contributed by atoms with Crippen molar-refractivity contribution in [1.82, 2.24) is 15.0 Å². The maximum absolute atomic E-state index is 10.7. The normalized spacial score (nSPS) is 10.1. The van der Waals surface area contributed by atoms with E-state index in [1.165, 1.54) is 6.20 Å². The van der Waals surface area contributed by atoms with Crippen LogP contribution in [0, 0.1) is 6.92 Å². The summed E-state index contributed by atoms with van der Waals surface area (Å²) in [5.41, 5.74) is 0. The number of anilines is 3. The number of carbonyl (C=O) groups is 1. The first-order valence-electron chi connectivity index (χ1n) is 5.08. The molecule has 0 saturated heterocycles. The van der Waals surface area contributed by atoms with Gasteiger partial charge in [0.1, 0.15) is 22.3 Å². The second kappa shape index (κ2) is 4.96. The van der Waals surface area contributed by atoms with Crippen molar-refractivity contribution in [3.05, 3.63) is 23.0 Å². The van der Waals surface area contributed by atoms with Crippen LogP contribution in [-0.2, 0) is 0 Å². The van der Waals surface area contributed by atoms with E-state index in [1.54, 1.807) is 20.0 Å². The van der Waals surface area contributed by atoms with Crippen LogP contribution < -0.4 is 10.6 Å². The van der Waals surface area contributed by atoms with Gasteiger partial charge in [-0.25, -0.2) is 19.7 Å². The van der Waals surface area contributed by atoms with E-state index in [0.29, 0.717) is 22.6 Å². The molecule has 18 heavy (non-hydrogen) atoms. The van der Waals surface area contributed by atoms with E-state index in [4.69, 9.17) is 5.11 Å². The molecule has 2 rings (SSSR count). The molecule has 0 spiro atoms. The molecule has 0 aliphatic rings. The molecular formula is C10H11N5O2S. The van der Waals surface area contributed by atoms with E-state index in [-0.39, 0.29) is 4.88 Å². The average Bonchev–Trinajstić information content (AvgIpc) is 2.76. The molecule has 0 saturated carbocycles. The molecule has 0 atom stereocenters. The number of aryl methyl sites for hydroxylation is 1. The van der Waals surface area contributed by atoms with Crippen LogP contribution in [0.2, 0.25) is 0 Å². The van der Waals surface area contributed by atoms with Crippen molar-refractivity contribution < 1.29 is 9.90 Å². The fourth-order valence-corrected chi connectivity index (χ4v) is 1.96. The van der Waals surface area contributed by atoms with E-state index in [2.05, 4.69) is 25.6 Å². The lowest BCUT2D eigenvalue weighted by Gasteiger charge is -2.05. The largest absolute Gasteiger partial charge is 0.477 e. The Morgan fingerprint density at radius 3 is 2.72 bits per heavy atom. The molecule has 2 heterocycles. The minimum atomic E-state index is -0.990. The Kier molecular flexibility index (Phi) is 3.38. The molecule has 8 heteroatoms. The zero-order valence-electron chi connectivity index (χ0n) is 9.76. The third-order valence-corrected chi connectivity index (χ3v) is 2.95. The summed E-state index contributed by atoms with van der Waals surface area (Å²) in [7, 11) is 1.76. The minimum absolute atomic E-state index is 0.178. The number of carboxylic acid groups (broad SMARTS) is 1. The summed E-state index contributed by atoms with van der Waals surface area (Å²) in [6.45, 7) is 1.77. The fraction of sp³-hybridized carbons (Fsp3) is 0.200. The second-order valence-electron chi connectivity index (χ2n) is 3.40. The topological polar surface area (TPSA) is 100 Å². The van der Waals surface area contributed by atoms with E-state index in [1.807, 2.05) is 0 Å². The number of thiazole rings is 1. The highest BCUT2D eigenvalue weighted by Gasteiger charge is 2.09. The number of aromatic carboxylic acids is 1. The van der Waals surface area contributed by atoms with Crippen LogP contribution in [0.25, 0.3) is 0 Å². The highest BCUT2D eigenvalue weighted by atomic mass is 32.1. The fourth-order valence-electron chi connectivity index (χ4n) is 1.30. The molecular weight excluding hydrogens is 254 g/mol. The van der Waals surface area contributed by atoms with Gasteiger partial charge in [0.05, 0.1) is 6.20 Å². The zero-order valence-corrected chi connectivity index (χ0v) is 10.6. The molecule has 0 aliphatic heterocycles. The maximum atomic E-state index is 10.7. The van der Waals surface area contributed by atoms with Gasteiger partial charge < -0.3 is 15.7 Å². The van der Waals surface area contributed by atoms with Crippen LogP contribution in [0.3, 0.4) is 0 Å². The summed E-state index contributed by atoms with van der Waals surface area (Å²) >= 11 is 1.05. The Morgan fingerprint density at radius 2 is 2.11 bits per heavy atom. The van der Waals surface area contributed by atoms with Gasteiger partial charge in [0.15, 0.2) is 5.13 Å². The van der Waals surface area contributed by atoms with Gasteiger partial charge in [-0.1, -0.05) is 11.3 Å². The molecule has 2 aromatic rings. The van der Waals surface area contributed by atoms with Gasteiger partial charge in [0.25, 0.3) is 0 Å². The first kappa shape index (κ1) is 12.2. The van der Waals surface area contributed by atoms with Crippen molar-refractivity contribution in [2.45, 2.75) is 6.92 Å². The molecule has 7 nitrogen and oxygen atoms in total. The summed E-state index contributed by atoms with van der Waals surface area (Å²) in [5.74, 6) is 0.868. The monoisotopic (exact) mass is 265 g/mol. The van der Waals surface area contributed by atoms with Gasteiger partial charge in [-0.05, 0) is 6.92 Å². The lowest BCUT2D eigenvalue weighted by Crippen LogP contribution is -2.00. The third kappa shape index (κ3) is 2.72. The Morgan fingerprint density at radius 1 is 1.39 bits per heavy atom. The van der Waals surface area contributed by atoms with Crippen molar-refractivity contribution in [2.75, 3.05) is 17.7 Å². The van der Waals surface area contributed by atoms with E-state index in [9.17, 15) is 4.79 Å². The number of nitrogens with one attached hydrogen (secondary N) is 2. The van der Waals surface area contributed by atoms with Crippen LogP contribution in [0.15, 0.2) is 12.3 Å². The van der Waals surface area contributed by atoms with Crippen molar-refractivity contribution in [3.63, 3.8) is 0 Å². The number of nitrogens with zero attached hydrogens (tertiary/aromatic N) is 3. The van der Waals surface area contributed by atoms with E-state index in [0.717, 1.165) is 11.3 Å². The average molecular weight is 265 g/mol. The van der Waals surface area contributed by atoms with Crippen molar-refractivity contribution in [2.24, 2.45) is 0 Å². The standard InChI is InChI=1S/C10H11N5O2S/c1-5-13-7(11-2)3-8(14-5)15-10-12-4-6(18-10)9(16)17/h3-4H,1-2H3,(H,16,17)(H2,11,12,13,14,15). The molecule has 2 aromatic heterocycles. The summed E-state index contributed by atoms with van der Waals surface area (Å²) < 4.78 is 0. The first-order chi connectivity index (χ1) is 8.58. The Hall–Kier alpha value is -2.22. The Balaban J connectivity index is 2.22. The summed E-state index contributed by atoms with van der Waals surface area (Å²) in [5, 5.41) is 15.1. The SMILES string of the molecule is CNc1cc(Nc2ncc(C(=O)O)s2)nc(C)n1. The maximum Gasteiger partial charge on any atom is 0.347 e. The molecule has 0 amide bonds. The van der Waals surface area contributed by atoms with Gasteiger partial charge in [0, 0.05) is 13.1 Å². The van der Waals surface area contributed by atoms with Crippen LogP contribution in [0.5, 0.6) is 0 Å². The van der Waals surface area contributed by atoms with Gasteiger partial charge in [0.2, 0.25) is 0 Å². The summed E-state index contributed by atoms with van der Waals surface area (Å²) in [6, 6.07) is 1.72. The van der Waals surface area contributed by atoms with Crippen LogP contribution in [-0.4, -0.2) is 33.1 Å². The van der Waals surface area contributed by atoms with Crippen molar-refractivity contribution in [1.29, 1.82) is 0 Å². The number of rotatable bonds is 4. The third-order valence-electron chi connectivity index (χ3n) is 2.05. The van der Waals surface area contributed by atoms with Crippen molar-refractivity contribution >= 4 is 34.1 Å². The minimum Gasteiger partial charge on any atom is -0.477 e. The van der Waals surface area contributed by atoms with Crippen LogP contribution in [0.4, 0.5) is 16.8 Å². The highest BCUT2D eigenvalue weighted by molar-refractivity contribution is 7.17. The molecule has 0 aliphatic carbocycles. The number of carboxylic acids is 1. The molecule has 0 aromatic carbocycles. The number of hydrogen-bond donors (Lipinski definition) is 3. The lowest BCUT2D eigenvalue weighted by atomic mass is 10.5. The number of hydrogen-bond acceptors (Lipinski definition) is 7. The van der Waals surface area contributed by atoms with E-state index < -0.39 is 5.97 Å². The predicted molar refractivity (Wildman–Crippen MR) is 68.7 cm³/mol. The molecule has 3 N–H and O–H groups in total. The van der Waals surface area contributed by atoms with Gasteiger partial charge in [-0.15, -0.1) is 0 Å². The first-order valence-corrected chi connectivity index (χ1v) is 5.89. The molecule has 0 radical (unpaired) electrons. The van der Waals surface area contributed by atoms with Gasteiger partial charge in [-0.2, -0.15) is 0 Å². The molecule has 0 bridgehead atoms. The number of aromatic nitrogens is 3. The summed E-state index contributed by atoms with van der Waals surface area (Å²) in [4.78, 5) is 23.2. The van der Waals surface area contributed by atoms with Crippen molar-refractivity contribution in [3.8, 4) is 0 Å². The van der Waals surface area contributed by atoms with Crippen LogP contribution in [0.1, 0.15) is 15.5 Å². The smallest absolute Gasteiger partial charge is 0.347 e. The Bertz CT molecular complexity index is 583. The second-order valence-corrected chi connectivity index (χ2v) is 4.43. The van der Waals surface area contributed by atoms with E-state index >= 15 is 0 Å². The van der Waals surface area contributed by atoms with Gasteiger partial charge >= 0.3 is 5.97 Å². The highest BCUT2D eigenvalue weighted by Crippen LogP contribution is 2.22. The quantitative estimate of drug-likeness (QED) is 0.773. The van der Waals surface area contributed by atoms with Crippen LogP contribution >= 0.6 is 11.3 Å². The molecule has 0 fully saturated rings. The Labute approximate surface area is 107 Å². The summed E-state index contributed by atoms with van der Waals surface area (Å²) in [6.07, 6.45) is 1.31. The molecule has 0 unspecified atom stereocenters. The molecule has 94 valence electrons. The zero-order chi connectivity index (χ0) is 13.1.